The van der Waals surface area contributed by atoms with E-state index in [4.69, 9.17) is 0 Å². The summed E-state index contributed by atoms with van der Waals surface area (Å²) >= 11 is 4.50. The molecule has 2 aromatic carbocycles. The summed E-state index contributed by atoms with van der Waals surface area (Å²) in [5, 5.41) is 4.55. The van der Waals surface area contributed by atoms with E-state index in [-0.39, 0.29) is 12.1 Å². The third-order valence-electron chi connectivity index (χ3n) is 4.38. The second kappa shape index (κ2) is 7.40. The van der Waals surface area contributed by atoms with Crippen molar-refractivity contribution < 1.29 is 18.4 Å². The van der Waals surface area contributed by atoms with Gasteiger partial charge in [-0.2, -0.15) is 0 Å². The van der Waals surface area contributed by atoms with Crippen molar-refractivity contribution in [1.82, 2.24) is 9.88 Å². The molecule has 0 saturated carbocycles. The number of carbonyl (C=O) groups is 2. The Morgan fingerprint density at radius 1 is 1.25 bits per heavy atom. The van der Waals surface area contributed by atoms with E-state index >= 15 is 0 Å². The van der Waals surface area contributed by atoms with Crippen LogP contribution in [0.2, 0.25) is 0 Å². The van der Waals surface area contributed by atoms with Crippen molar-refractivity contribution in [2.24, 2.45) is 0 Å². The first-order valence-corrected chi connectivity index (χ1v) is 9.86. The van der Waals surface area contributed by atoms with Gasteiger partial charge in [0.05, 0.1) is 0 Å². The number of rotatable bonds is 4. The Kier molecular flexibility index (Phi) is 4.94. The van der Waals surface area contributed by atoms with Gasteiger partial charge in [-0.1, -0.05) is 22.0 Å². The summed E-state index contributed by atoms with van der Waals surface area (Å²) in [4.78, 5) is 31.2. The quantitative estimate of drug-likeness (QED) is 0.618. The van der Waals surface area contributed by atoms with Gasteiger partial charge in [0.2, 0.25) is 0 Å². The number of aromatic nitrogens is 1. The monoisotopic (exact) mass is 463 g/mol. The van der Waals surface area contributed by atoms with Gasteiger partial charge in [-0.25, -0.2) is 13.8 Å². The summed E-state index contributed by atoms with van der Waals surface area (Å²) in [7, 11) is 0. The minimum Gasteiger partial charge on any atom is -0.318 e. The predicted octanol–water partition coefficient (Wildman–Crippen LogP) is 4.52. The zero-order chi connectivity index (χ0) is 19.8. The Balaban J connectivity index is 1.76. The first-order chi connectivity index (χ1) is 13.4. The number of amides is 2. The third-order valence-corrected chi connectivity index (χ3v) is 5.56. The summed E-state index contributed by atoms with van der Waals surface area (Å²) in [6.45, 7) is 0.105. The first kappa shape index (κ1) is 18.7. The van der Waals surface area contributed by atoms with Gasteiger partial charge in [0.25, 0.3) is 11.8 Å². The highest BCUT2D eigenvalue weighted by Crippen LogP contribution is 2.35. The van der Waals surface area contributed by atoms with Gasteiger partial charge in [0.15, 0.2) is 5.13 Å². The number of halogens is 3. The van der Waals surface area contributed by atoms with E-state index in [1.54, 1.807) is 23.6 Å². The minimum absolute atomic E-state index is 0.105. The van der Waals surface area contributed by atoms with Crippen LogP contribution in [-0.4, -0.2) is 21.7 Å². The molecule has 9 heteroatoms. The first-order valence-electron chi connectivity index (χ1n) is 8.19. The van der Waals surface area contributed by atoms with Gasteiger partial charge in [0.1, 0.15) is 17.7 Å². The van der Waals surface area contributed by atoms with Crippen molar-refractivity contribution in [3.8, 4) is 0 Å². The van der Waals surface area contributed by atoms with Gasteiger partial charge in [0, 0.05) is 33.7 Å². The van der Waals surface area contributed by atoms with Crippen LogP contribution in [0.4, 0.5) is 13.9 Å². The maximum atomic E-state index is 14.5. The lowest BCUT2D eigenvalue weighted by Crippen LogP contribution is -2.38. The van der Waals surface area contributed by atoms with Crippen molar-refractivity contribution in [2.45, 2.75) is 12.6 Å². The second-order valence-electron chi connectivity index (χ2n) is 6.13. The van der Waals surface area contributed by atoms with E-state index in [1.165, 1.54) is 22.4 Å². The van der Waals surface area contributed by atoms with E-state index in [0.29, 0.717) is 20.7 Å². The molecule has 0 aliphatic carbocycles. The molecule has 1 atom stereocenters. The Morgan fingerprint density at radius 2 is 2.07 bits per heavy atom. The van der Waals surface area contributed by atoms with Crippen LogP contribution in [0.5, 0.6) is 0 Å². The summed E-state index contributed by atoms with van der Waals surface area (Å²) in [6.07, 6.45) is 1.51. The van der Waals surface area contributed by atoms with Crippen LogP contribution in [0.3, 0.4) is 0 Å². The number of benzene rings is 2. The Bertz CT molecular complexity index is 1080. The fourth-order valence-corrected chi connectivity index (χ4v) is 4.03. The average Bonchev–Trinajstić information content (AvgIpc) is 3.27. The maximum absolute atomic E-state index is 14.5. The molecule has 2 amide bonds. The van der Waals surface area contributed by atoms with Crippen LogP contribution in [0, 0.1) is 11.6 Å². The van der Waals surface area contributed by atoms with Crippen molar-refractivity contribution in [2.75, 3.05) is 5.32 Å². The molecule has 3 aromatic rings. The summed E-state index contributed by atoms with van der Waals surface area (Å²) in [5.41, 5.74) is 0.907. The zero-order valence-corrected chi connectivity index (χ0v) is 16.6. The molecule has 1 aliphatic rings. The molecule has 142 valence electrons. The smallest absolute Gasteiger partial charge is 0.255 e. The van der Waals surface area contributed by atoms with Gasteiger partial charge < -0.3 is 4.90 Å². The molecule has 0 unspecified atom stereocenters. The van der Waals surface area contributed by atoms with Crippen LogP contribution in [-0.2, 0) is 11.3 Å². The molecular formula is C19H12BrF2N3O2S. The van der Waals surface area contributed by atoms with E-state index in [9.17, 15) is 18.4 Å². The van der Waals surface area contributed by atoms with Crippen LogP contribution in [0.15, 0.2) is 52.4 Å². The number of anilines is 1. The molecular weight excluding hydrogens is 452 g/mol. The van der Waals surface area contributed by atoms with E-state index in [1.807, 2.05) is 0 Å². The molecule has 0 radical (unpaired) electrons. The largest absolute Gasteiger partial charge is 0.318 e. The molecule has 4 rings (SSSR count). The minimum atomic E-state index is -1.35. The normalized spacial score (nSPS) is 14.1. The number of fused-ring (bicyclic) bond motifs is 1. The molecule has 1 aromatic heterocycles. The summed E-state index contributed by atoms with van der Waals surface area (Å²) in [5.74, 6) is -2.57. The van der Waals surface area contributed by atoms with Gasteiger partial charge in [-0.05, 0) is 35.9 Å². The van der Waals surface area contributed by atoms with E-state index < -0.39 is 29.5 Å². The number of thiazole rings is 1. The molecule has 0 spiro atoms. The van der Waals surface area contributed by atoms with Crippen LogP contribution in [0.1, 0.15) is 27.5 Å². The van der Waals surface area contributed by atoms with Gasteiger partial charge in [-0.15, -0.1) is 11.3 Å². The highest BCUT2D eigenvalue weighted by Gasteiger charge is 2.39. The highest BCUT2D eigenvalue weighted by atomic mass is 79.9. The Morgan fingerprint density at radius 3 is 2.82 bits per heavy atom. The van der Waals surface area contributed by atoms with Gasteiger partial charge >= 0.3 is 0 Å². The third kappa shape index (κ3) is 3.43. The predicted molar refractivity (Wildman–Crippen MR) is 104 cm³/mol. The molecule has 28 heavy (non-hydrogen) atoms. The highest BCUT2D eigenvalue weighted by molar-refractivity contribution is 9.10. The molecule has 5 nitrogen and oxygen atoms in total. The number of carbonyl (C=O) groups excluding carboxylic acids is 2. The number of hydrogen-bond donors (Lipinski definition) is 1. The Labute approximate surface area is 171 Å². The fraction of sp³-hybridized carbons (Fsp3) is 0.105. The lowest BCUT2D eigenvalue weighted by Gasteiger charge is -2.27. The lowest BCUT2D eigenvalue weighted by atomic mass is 10.0. The molecule has 0 fully saturated rings. The maximum Gasteiger partial charge on any atom is 0.255 e. The average molecular weight is 464 g/mol. The van der Waals surface area contributed by atoms with E-state index in [0.717, 1.165) is 18.2 Å². The lowest BCUT2D eigenvalue weighted by molar-refractivity contribution is -0.120. The molecule has 0 bridgehead atoms. The molecule has 0 saturated heterocycles. The standard InChI is InChI=1S/C19H12BrF2N3O2S/c20-11-2-1-10-9-25(18(27)13(10)7-11)16(14-8-12(21)3-4-15(14)22)17(26)24-19-23-5-6-28-19/h1-8,16H,9H2,(H,23,24,26)/t16-/m1/s1. The molecule has 2 heterocycles. The van der Waals surface area contributed by atoms with Gasteiger partial charge in [-0.3, -0.25) is 14.9 Å². The zero-order valence-electron chi connectivity index (χ0n) is 14.2. The van der Waals surface area contributed by atoms with E-state index in [2.05, 4.69) is 26.2 Å². The number of nitrogens with one attached hydrogen (secondary N) is 1. The van der Waals surface area contributed by atoms with Crippen molar-refractivity contribution in [3.63, 3.8) is 0 Å². The topological polar surface area (TPSA) is 62.3 Å². The van der Waals surface area contributed by atoms with Crippen LogP contribution < -0.4 is 5.32 Å². The van der Waals surface area contributed by atoms with Crippen molar-refractivity contribution >= 4 is 44.2 Å². The summed E-state index contributed by atoms with van der Waals surface area (Å²) in [6, 6.07) is 6.68. The second-order valence-corrected chi connectivity index (χ2v) is 7.94. The van der Waals surface area contributed by atoms with Crippen LogP contribution >= 0.6 is 27.3 Å². The Hall–Kier alpha value is -2.65. The molecule has 1 aliphatic heterocycles. The number of hydrogen-bond acceptors (Lipinski definition) is 4. The van der Waals surface area contributed by atoms with Crippen LogP contribution in [0.25, 0.3) is 0 Å². The van der Waals surface area contributed by atoms with Crippen molar-refractivity contribution in [1.29, 1.82) is 0 Å². The fourth-order valence-electron chi connectivity index (χ4n) is 3.14. The van der Waals surface area contributed by atoms with Crippen molar-refractivity contribution in [3.05, 3.63) is 80.8 Å². The number of nitrogens with zero attached hydrogens (tertiary/aromatic N) is 2. The molecule has 1 N–H and O–H groups in total. The summed E-state index contributed by atoms with van der Waals surface area (Å²) < 4.78 is 29.1. The SMILES string of the molecule is O=C(Nc1nccs1)[C@@H](c1cc(F)ccc1F)N1Cc2ccc(Br)cc2C1=O.